The van der Waals surface area contributed by atoms with E-state index in [4.69, 9.17) is 9.15 Å². The van der Waals surface area contributed by atoms with Crippen LogP contribution in [0.4, 0.5) is 0 Å². The van der Waals surface area contributed by atoms with Crippen molar-refractivity contribution in [1.82, 2.24) is 5.43 Å². The van der Waals surface area contributed by atoms with Crippen molar-refractivity contribution in [3.05, 3.63) is 51.4 Å². The Morgan fingerprint density at radius 3 is 2.71 bits per heavy atom. The first-order valence-corrected chi connectivity index (χ1v) is 7.04. The smallest absolute Gasteiger partial charge is 0.274 e. The lowest BCUT2D eigenvalue weighted by Crippen LogP contribution is -2.17. The average molecular weight is 351 g/mol. The van der Waals surface area contributed by atoms with Crippen molar-refractivity contribution in [3.63, 3.8) is 0 Å². The van der Waals surface area contributed by atoms with Gasteiger partial charge in [-0.25, -0.2) is 5.43 Å². The van der Waals surface area contributed by atoms with E-state index >= 15 is 0 Å². The molecule has 1 aromatic heterocycles. The van der Waals surface area contributed by atoms with Gasteiger partial charge in [0.1, 0.15) is 17.3 Å². The molecular weight excluding hydrogens is 336 g/mol. The Balaban J connectivity index is 2.04. The zero-order valence-corrected chi connectivity index (χ0v) is 13.5. The van der Waals surface area contributed by atoms with Gasteiger partial charge in [-0.2, -0.15) is 5.10 Å². The van der Waals surface area contributed by atoms with Gasteiger partial charge in [-0.05, 0) is 59.6 Å². The number of aryl methyl sites for hydroxylation is 2. The minimum Gasteiger partial charge on any atom is -0.496 e. The number of hydrogen-bond acceptors (Lipinski definition) is 4. The maximum absolute atomic E-state index is 11.9. The van der Waals surface area contributed by atoms with Crippen LogP contribution in [0.5, 0.6) is 5.75 Å². The summed E-state index contributed by atoms with van der Waals surface area (Å²) in [6, 6.07) is 7.19. The van der Waals surface area contributed by atoms with Crippen molar-refractivity contribution in [2.45, 2.75) is 13.8 Å². The standard InChI is InChI=1S/C15H15BrN2O3/c1-9-6-12(10(2)21-9)15(19)18-17-8-11-4-5-14(20-3)13(16)7-11/h4-8H,1-3H3,(H,18,19). The van der Waals surface area contributed by atoms with Crippen LogP contribution in [0, 0.1) is 13.8 Å². The highest BCUT2D eigenvalue weighted by Crippen LogP contribution is 2.24. The normalized spacial score (nSPS) is 10.9. The van der Waals surface area contributed by atoms with Crippen molar-refractivity contribution in [1.29, 1.82) is 0 Å². The second-order valence-electron chi connectivity index (χ2n) is 4.42. The molecule has 1 amide bonds. The third-order valence-corrected chi connectivity index (χ3v) is 3.46. The second-order valence-corrected chi connectivity index (χ2v) is 5.27. The molecule has 0 radical (unpaired) electrons. The van der Waals surface area contributed by atoms with E-state index in [-0.39, 0.29) is 5.91 Å². The Bertz CT molecular complexity index is 692. The fourth-order valence-corrected chi connectivity index (χ4v) is 2.40. The molecule has 2 rings (SSSR count). The molecule has 0 spiro atoms. The van der Waals surface area contributed by atoms with Gasteiger partial charge in [-0.1, -0.05) is 0 Å². The third kappa shape index (κ3) is 3.72. The zero-order valence-electron chi connectivity index (χ0n) is 11.9. The molecule has 0 aliphatic heterocycles. The highest BCUT2D eigenvalue weighted by Gasteiger charge is 2.12. The number of benzene rings is 1. The first-order valence-electron chi connectivity index (χ1n) is 6.25. The number of halogens is 1. The van der Waals surface area contributed by atoms with Crippen LogP contribution in [-0.4, -0.2) is 19.2 Å². The van der Waals surface area contributed by atoms with Crippen molar-refractivity contribution in [2.24, 2.45) is 5.10 Å². The van der Waals surface area contributed by atoms with Gasteiger partial charge in [0.2, 0.25) is 0 Å². The molecule has 0 atom stereocenters. The maximum atomic E-state index is 11.9. The molecule has 0 fully saturated rings. The van der Waals surface area contributed by atoms with Gasteiger partial charge in [-0.3, -0.25) is 4.79 Å². The summed E-state index contributed by atoms with van der Waals surface area (Å²) in [5, 5.41) is 3.94. The summed E-state index contributed by atoms with van der Waals surface area (Å²) in [6.45, 7) is 3.54. The van der Waals surface area contributed by atoms with Crippen LogP contribution >= 0.6 is 15.9 Å². The predicted octanol–water partition coefficient (Wildman–Crippen LogP) is 3.43. The molecule has 0 bridgehead atoms. The SMILES string of the molecule is COc1ccc(C=NNC(=O)c2cc(C)oc2C)cc1Br. The number of methoxy groups -OCH3 is 1. The number of nitrogens with one attached hydrogen (secondary N) is 1. The zero-order chi connectivity index (χ0) is 15.4. The molecule has 0 aliphatic rings. The molecule has 1 N–H and O–H groups in total. The van der Waals surface area contributed by atoms with Crippen LogP contribution in [0.25, 0.3) is 0 Å². The highest BCUT2D eigenvalue weighted by molar-refractivity contribution is 9.10. The van der Waals surface area contributed by atoms with Crippen LogP contribution in [-0.2, 0) is 0 Å². The van der Waals surface area contributed by atoms with Gasteiger partial charge in [0.05, 0.1) is 23.4 Å². The maximum Gasteiger partial charge on any atom is 0.274 e. The minimum atomic E-state index is -0.298. The molecule has 1 heterocycles. The number of carbonyl (C=O) groups is 1. The summed E-state index contributed by atoms with van der Waals surface area (Å²) < 4.78 is 11.3. The van der Waals surface area contributed by atoms with E-state index in [1.807, 2.05) is 18.2 Å². The van der Waals surface area contributed by atoms with Gasteiger partial charge in [0.15, 0.2) is 0 Å². The first kappa shape index (κ1) is 15.3. The Morgan fingerprint density at radius 1 is 1.38 bits per heavy atom. The number of hydrogen-bond donors (Lipinski definition) is 1. The second kappa shape index (κ2) is 6.58. The first-order chi connectivity index (χ1) is 10.0. The van der Waals surface area contributed by atoms with Gasteiger partial charge in [-0.15, -0.1) is 0 Å². The quantitative estimate of drug-likeness (QED) is 0.678. The highest BCUT2D eigenvalue weighted by atomic mass is 79.9. The summed E-state index contributed by atoms with van der Waals surface area (Å²) >= 11 is 3.39. The van der Waals surface area contributed by atoms with Gasteiger partial charge in [0.25, 0.3) is 5.91 Å². The van der Waals surface area contributed by atoms with Crippen LogP contribution in [0.2, 0.25) is 0 Å². The number of hydrazone groups is 1. The molecule has 0 saturated heterocycles. The minimum absolute atomic E-state index is 0.298. The Kier molecular flexibility index (Phi) is 4.80. The molecule has 1 aromatic carbocycles. The van der Waals surface area contributed by atoms with Crippen LogP contribution < -0.4 is 10.2 Å². The lowest BCUT2D eigenvalue weighted by Gasteiger charge is -2.03. The predicted molar refractivity (Wildman–Crippen MR) is 83.9 cm³/mol. The Labute approximate surface area is 131 Å². The summed E-state index contributed by atoms with van der Waals surface area (Å²) in [4.78, 5) is 11.9. The van der Waals surface area contributed by atoms with E-state index in [0.717, 1.165) is 15.8 Å². The third-order valence-electron chi connectivity index (χ3n) is 2.84. The molecular formula is C15H15BrN2O3. The Hall–Kier alpha value is -2.08. The van der Waals surface area contributed by atoms with Crippen LogP contribution in [0.3, 0.4) is 0 Å². The van der Waals surface area contributed by atoms with E-state index in [1.165, 1.54) is 0 Å². The topological polar surface area (TPSA) is 63.8 Å². The Morgan fingerprint density at radius 2 is 2.14 bits per heavy atom. The number of rotatable bonds is 4. The van der Waals surface area contributed by atoms with Crippen molar-refractivity contribution >= 4 is 28.1 Å². The van der Waals surface area contributed by atoms with Gasteiger partial charge < -0.3 is 9.15 Å². The molecule has 0 saturated carbocycles. The molecule has 5 nitrogen and oxygen atoms in total. The number of nitrogens with zero attached hydrogens (tertiary/aromatic N) is 1. The van der Waals surface area contributed by atoms with E-state index < -0.39 is 0 Å². The molecule has 0 aliphatic carbocycles. The van der Waals surface area contributed by atoms with Crippen molar-refractivity contribution < 1.29 is 13.9 Å². The van der Waals surface area contributed by atoms with E-state index in [0.29, 0.717) is 17.1 Å². The number of amides is 1. The van der Waals surface area contributed by atoms with Gasteiger partial charge >= 0.3 is 0 Å². The summed E-state index contributed by atoms with van der Waals surface area (Å²) in [6.07, 6.45) is 1.56. The number of furan rings is 1. The summed E-state index contributed by atoms with van der Waals surface area (Å²) in [5.74, 6) is 1.71. The summed E-state index contributed by atoms with van der Waals surface area (Å²) in [5.41, 5.74) is 3.80. The average Bonchev–Trinajstić information content (AvgIpc) is 2.78. The van der Waals surface area contributed by atoms with E-state index in [2.05, 4.69) is 26.5 Å². The molecule has 21 heavy (non-hydrogen) atoms. The lowest BCUT2D eigenvalue weighted by atomic mass is 10.2. The summed E-state index contributed by atoms with van der Waals surface area (Å²) in [7, 11) is 1.60. The van der Waals surface area contributed by atoms with Crippen LogP contribution in [0.15, 0.2) is 38.3 Å². The molecule has 0 unspecified atom stereocenters. The monoisotopic (exact) mass is 350 g/mol. The largest absolute Gasteiger partial charge is 0.496 e. The fraction of sp³-hybridized carbons (Fsp3) is 0.200. The molecule has 6 heteroatoms. The van der Waals surface area contributed by atoms with Gasteiger partial charge in [0, 0.05) is 0 Å². The molecule has 2 aromatic rings. The number of ether oxygens (including phenoxy) is 1. The van der Waals surface area contributed by atoms with Crippen molar-refractivity contribution in [2.75, 3.05) is 7.11 Å². The van der Waals surface area contributed by atoms with E-state index in [9.17, 15) is 4.79 Å². The van der Waals surface area contributed by atoms with Crippen molar-refractivity contribution in [3.8, 4) is 5.75 Å². The van der Waals surface area contributed by atoms with Crippen LogP contribution in [0.1, 0.15) is 27.4 Å². The lowest BCUT2D eigenvalue weighted by molar-refractivity contribution is 0.0953. The fourth-order valence-electron chi connectivity index (χ4n) is 1.84. The van der Waals surface area contributed by atoms with E-state index in [1.54, 1.807) is 33.2 Å². The molecule has 110 valence electrons. The number of carbonyl (C=O) groups excluding carboxylic acids is 1.